The van der Waals surface area contributed by atoms with Gasteiger partial charge in [0, 0.05) is 5.41 Å². The van der Waals surface area contributed by atoms with Gasteiger partial charge in [-0.2, -0.15) is 0 Å². The van der Waals surface area contributed by atoms with Crippen LogP contribution in [0.5, 0.6) is 11.5 Å². The van der Waals surface area contributed by atoms with Crippen LogP contribution in [0.15, 0.2) is 48.5 Å². The van der Waals surface area contributed by atoms with Gasteiger partial charge in [0.15, 0.2) is 11.5 Å². The molecule has 0 heterocycles. The quantitative estimate of drug-likeness (QED) is 0.0823. The Morgan fingerprint density at radius 1 is 0.605 bits per heavy atom. The zero-order valence-electron chi connectivity index (χ0n) is 28.7. The van der Waals surface area contributed by atoms with Crippen molar-refractivity contribution < 1.29 is 18.3 Å². The van der Waals surface area contributed by atoms with Gasteiger partial charge in [0.25, 0.3) is 0 Å². The van der Waals surface area contributed by atoms with Crippen LogP contribution in [-0.4, -0.2) is 19.8 Å². The zero-order valence-corrected chi connectivity index (χ0v) is 29.6. The van der Waals surface area contributed by atoms with E-state index in [1.54, 1.807) is 0 Å². The van der Waals surface area contributed by atoms with Crippen molar-refractivity contribution in [1.29, 1.82) is 0 Å². The molecule has 0 fully saturated rings. The van der Waals surface area contributed by atoms with E-state index < -0.39 is 8.60 Å². The van der Waals surface area contributed by atoms with Crippen molar-refractivity contribution in [2.24, 2.45) is 11.8 Å². The highest BCUT2D eigenvalue weighted by Gasteiger charge is 2.26. The summed E-state index contributed by atoms with van der Waals surface area (Å²) in [7, 11) is -1.50. The Morgan fingerprint density at radius 3 is 1.67 bits per heavy atom. The molecule has 0 saturated carbocycles. The van der Waals surface area contributed by atoms with Gasteiger partial charge in [-0.05, 0) is 54.4 Å². The van der Waals surface area contributed by atoms with Gasteiger partial charge in [0.1, 0.15) is 0 Å². The van der Waals surface area contributed by atoms with E-state index in [1.165, 1.54) is 75.3 Å². The normalized spacial score (nSPS) is 12.0. The number of rotatable bonds is 25. The second-order valence-electron chi connectivity index (χ2n) is 13.4. The van der Waals surface area contributed by atoms with Crippen molar-refractivity contribution in [3.05, 3.63) is 59.7 Å². The Morgan fingerprint density at radius 2 is 1.14 bits per heavy atom. The molecule has 0 aromatic heterocycles. The average molecular weight is 615 g/mol. The molecule has 0 saturated heterocycles. The van der Waals surface area contributed by atoms with Gasteiger partial charge in [0.2, 0.25) is 0 Å². The molecule has 2 aromatic carbocycles. The molecule has 0 atom stereocenters. The maximum Gasteiger partial charge on any atom is 0.397 e. The lowest BCUT2D eigenvalue weighted by atomic mass is 9.78. The molecule has 0 aliphatic rings. The average Bonchev–Trinajstić information content (AvgIpc) is 2.99. The van der Waals surface area contributed by atoms with Crippen LogP contribution in [0.3, 0.4) is 0 Å². The Labute approximate surface area is 266 Å². The molecular weight excluding hydrogens is 551 g/mol. The smallest absolute Gasteiger partial charge is 0.397 e. The van der Waals surface area contributed by atoms with Crippen LogP contribution in [-0.2, 0) is 14.5 Å². The fourth-order valence-corrected chi connectivity index (χ4v) is 6.18. The third kappa shape index (κ3) is 15.8. The van der Waals surface area contributed by atoms with Crippen molar-refractivity contribution >= 4 is 8.60 Å². The second-order valence-corrected chi connectivity index (χ2v) is 14.5. The first-order valence-electron chi connectivity index (χ1n) is 17.3. The summed E-state index contributed by atoms with van der Waals surface area (Å²) in [6, 6.07) is 17.0. The zero-order chi connectivity index (χ0) is 31.3. The number of unbranched alkanes of at least 4 members (excludes halogenated alkanes) is 8. The van der Waals surface area contributed by atoms with E-state index in [0.717, 1.165) is 36.8 Å². The van der Waals surface area contributed by atoms with E-state index in [0.29, 0.717) is 25.6 Å². The molecule has 0 aliphatic carbocycles. The Bertz CT molecular complexity index is 936. The number of benzene rings is 2. The lowest BCUT2D eigenvalue weighted by Gasteiger charge is -2.27. The molecule has 0 spiro atoms. The maximum atomic E-state index is 6.45. The Kier molecular flexibility index (Phi) is 19.2. The predicted molar refractivity (Wildman–Crippen MR) is 185 cm³/mol. The molecule has 0 bridgehead atoms. The first kappa shape index (κ1) is 37.6. The number of ether oxygens (including phenoxy) is 1. The molecule has 5 heteroatoms. The molecule has 0 N–H and O–H groups in total. The van der Waals surface area contributed by atoms with Gasteiger partial charge in [-0.25, -0.2) is 0 Å². The molecule has 0 amide bonds. The van der Waals surface area contributed by atoms with Crippen LogP contribution < -0.4 is 9.26 Å². The molecule has 4 nitrogen and oxygen atoms in total. The van der Waals surface area contributed by atoms with Gasteiger partial charge in [-0.1, -0.05) is 149 Å². The van der Waals surface area contributed by atoms with Crippen molar-refractivity contribution in [3.63, 3.8) is 0 Å². The number of hydrogen-bond acceptors (Lipinski definition) is 4. The van der Waals surface area contributed by atoms with Crippen LogP contribution in [0, 0.1) is 11.8 Å². The van der Waals surface area contributed by atoms with Gasteiger partial charge < -0.3 is 18.3 Å². The summed E-state index contributed by atoms with van der Waals surface area (Å²) in [5.41, 5.74) is 2.30. The highest BCUT2D eigenvalue weighted by Crippen LogP contribution is 2.46. The van der Waals surface area contributed by atoms with Crippen molar-refractivity contribution in [2.75, 3.05) is 19.8 Å². The first-order chi connectivity index (χ1) is 20.7. The van der Waals surface area contributed by atoms with E-state index >= 15 is 0 Å². The van der Waals surface area contributed by atoms with Crippen LogP contribution in [0.4, 0.5) is 0 Å². The summed E-state index contributed by atoms with van der Waals surface area (Å²) in [5, 5.41) is 0. The largest absolute Gasteiger partial charge is 0.490 e. The maximum absolute atomic E-state index is 6.45. The summed E-state index contributed by atoms with van der Waals surface area (Å²) in [4.78, 5) is 0. The third-order valence-electron chi connectivity index (χ3n) is 8.04. The van der Waals surface area contributed by atoms with Crippen molar-refractivity contribution in [3.8, 4) is 11.5 Å². The fraction of sp³-hybridized carbons (Fsp3) is 0.684. The molecule has 0 radical (unpaired) electrons. The minimum absolute atomic E-state index is 0.161. The van der Waals surface area contributed by atoms with Crippen molar-refractivity contribution in [1.82, 2.24) is 0 Å². The molecule has 244 valence electrons. The lowest BCUT2D eigenvalue weighted by molar-refractivity contribution is 0.195. The standard InChI is InChI=1S/C38H63O4P/c1-8-28-39-37-31-35(38(6,7)34-24-18-15-19-25-34)26-27-36(37)42-43(40-29-20-13-9-11-16-22-32(2)3)41-30-21-14-10-12-17-23-33(4)5/h15,18-19,24-27,31-33H,8-14,16-17,20-23,28-30H2,1-7H3. The summed E-state index contributed by atoms with van der Waals surface area (Å²) < 4.78 is 25.2. The van der Waals surface area contributed by atoms with E-state index in [1.807, 2.05) is 6.07 Å². The minimum Gasteiger partial charge on any atom is -0.490 e. The van der Waals surface area contributed by atoms with Crippen LogP contribution in [0.2, 0.25) is 0 Å². The molecular formula is C38H63O4P. The van der Waals surface area contributed by atoms with Gasteiger partial charge in [-0.15, -0.1) is 0 Å². The number of hydrogen-bond donors (Lipinski definition) is 0. The third-order valence-corrected chi connectivity index (χ3v) is 9.17. The van der Waals surface area contributed by atoms with Crippen LogP contribution in [0.1, 0.15) is 143 Å². The van der Waals surface area contributed by atoms with Gasteiger partial charge in [0.05, 0.1) is 19.8 Å². The lowest BCUT2D eigenvalue weighted by Crippen LogP contribution is -2.19. The summed E-state index contributed by atoms with van der Waals surface area (Å²) >= 11 is 0. The highest BCUT2D eigenvalue weighted by atomic mass is 31.2. The van der Waals surface area contributed by atoms with Crippen LogP contribution >= 0.6 is 8.60 Å². The second kappa shape index (κ2) is 22.0. The van der Waals surface area contributed by atoms with Gasteiger partial charge in [-0.3, -0.25) is 0 Å². The predicted octanol–water partition coefficient (Wildman–Crippen LogP) is 12.4. The molecule has 2 rings (SSSR count). The highest BCUT2D eigenvalue weighted by molar-refractivity contribution is 7.42. The summed E-state index contributed by atoms with van der Waals surface area (Å²) in [6.07, 6.45) is 15.8. The van der Waals surface area contributed by atoms with E-state index in [4.69, 9.17) is 18.3 Å². The monoisotopic (exact) mass is 614 g/mol. The molecule has 43 heavy (non-hydrogen) atoms. The van der Waals surface area contributed by atoms with E-state index in [-0.39, 0.29) is 5.41 Å². The topological polar surface area (TPSA) is 36.9 Å². The fourth-order valence-electron chi connectivity index (χ4n) is 5.14. The molecule has 2 aromatic rings. The van der Waals surface area contributed by atoms with E-state index in [9.17, 15) is 0 Å². The van der Waals surface area contributed by atoms with E-state index in [2.05, 4.69) is 90.9 Å². The summed E-state index contributed by atoms with van der Waals surface area (Å²) in [5.74, 6) is 3.06. The van der Waals surface area contributed by atoms with Gasteiger partial charge >= 0.3 is 8.60 Å². The molecule has 0 unspecified atom stereocenters. The SMILES string of the molecule is CCCOc1cc(C(C)(C)c2ccccc2)ccc1OP(OCCCCCCCC(C)C)OCCCCCCCC(C)C. The summed E-state index contributed by atoms with van der Waals surface area (Å²) in [6.45, 7) is 17.8. The molecule has 0 aliphatic heterocycles. The van der Waals surface area contributed by atoms with Crippen LogP contribution in [0.25, 0.3) is 0 Å². The first-order valence-corrected chi connectivity index (χ1v) is 18.4. The minimum atomic E-state index is -1.50. The Balaban J connectivity index is 2.02. The van der Waals surface area contributed by atoms with Crippen molar-refractivity contribution in [2.45, 2.75) is 137 Å². The Hall–Kier alpha value is -1.61.